The van der Waals surface area contributed by atoms with Crippen LogP contribution in [0.3, 0.4) is 0 Å². The van der Waals surface area contributed by atoms with Crippen molar-refractivity contribution < 1.29 is 8.42 Å². The zero-order chi connectivity index (χ0) is 21.6. The monoisotopic (exact) mass is 556 g/mol. The van der Waals surface area contributed by atoms with E-state index < -0.39 is 9.84 Å². The Labute approximate surface area is 203 Å². The highest BCUT2D eigenvalue weighted by atomic mass is 127. The molecule has 0 radical (unpaired) electrons. The van der Waals surface area contributed by atoms with Crippen LogP contribution >= 0.6 is 24.0 Å². The molecule has 0 fully saturated rings. The molecule has 0 saturated heterocycles. The topological polar surface area (TPSA) is 73.8 Å². The number of hydrogen-bond acceptors (Lipinski definition) is 4. The number of benzene rings is 2. The highest BCUT2D eigenvalue weighted by molar-refractivity contribution is 14.0. The number of nitrogens with one attached hydrogen (secondary N) is 2. The Bertz CT molecular complexity index is 1010. The van der Waals surface area contributed by atoms with Crippen LogP contribution in [0.4, 0.5) is 0 Å². The number of nitrogens with zero attached hydrogens (tertiary/aromatic N) is 2. The lowest BCUT2D eigenvalue weighted by molar-refractivity contribution is 0.258. The minimum absolute atomic E-state index is 0. The van der Waals surface area contributed by atoms with Gasteiger partial charge in [-0.2, -0.15) is 0 Å². The summed E-state index contributed by atoms with van der Waals surface area (Å²) >= 11 is 0. The summed E-state index contributed by atoms with van der Waals surface area (Å²) in [4.78, 5) is 7.50. The van der Waals surface area contributed by atoms with Gasteiger partial charge in [0, 0.05) is 39.0 Å². The predicted octanol–water partition coefficient (Wildman–Crippen LogP) is 3.13. The first kappa shape index (κ1) is 25.6. The standard InChI is InChI=1S/C23H32N4O2S.HI/c1-4-24-23(26-16-19-9-10-22(18(2)15-19)30(3,28)29)25-12-14-27-13-11-20-7-5-6-8-21(20)17-27;/h5-10,15H,4,11-14,16-17H2,1-3H3,(H2,24,25,26);1H. The molecular formula is C23H33IN4O2S. The Morgan fingerprint density at radius 3 is 2.55 bits per heavy atom. The Morgan fingerprint density at radius 2 is 1.87 bits per heavy atom. The van der Waals surface area contributed by atoms with Crippen molar-refractivity contribution in [1.82, 2.24) is 15.5 Å². The number of aliphatic imine (C=N–C) groups is 1. The molecule has 0 spiro atoms. The number of sulfone groups is 1. The molecule has 31 heavy (non-hydrogen) atoms. The average molecular weight is 557 g/mol. The van der Waals surface area contributed by atoms with Crippen LogP contribution in [0.25, 0.3) is 0 Å². The van der Waals surface area contributed by atoms with Crippen molar-refractivity contribution in [3.05, 3.63) is 64.7 Å². The number of fused-ring (bicyclic) bond motifs is 1. The quantitative estimate of drug-likeness (QED) is 0.312. The number of halogens is 1. The third-order valence-corrected chi connectivity index (χ3v) is 6.59. The van der Waals surface area contributed by atoms with E-state index >= 15 is 0 Å². The fraction of sp³-hybridized carbons (Fsp3) is 0.435. The van der Waals surface area contributed by atoms with Gasteiger partial charge >= 0.3 is 0 Å². The van der Waals surface area contributed by atoms with E-state index in [1.54, 1.807) is 6.07 Å². The maximum Gasteiger partial charge on any atom is 0.191 e. The molecule has 170 valence electrons. The van der Waals surface area contributed by atoms with Crippen molar-refractivity contribution >= 4 is 39.8 Å². The van der Waals surface area contributed by atoms with Crippen LogP contribution in [-0.4, -0.2) is 51.7 Å². The Kier molecular flexibility index (Phi) is 9.77. The zero-order valence-electron chi connectivity index (χ0n) is 18.5. The first-order chi connectivity index (χ1) is 14.4. The van der Waals surface area contributed by atoms with Crippen LogP contribution in [-0.2, 0) is 29.3 Å². The van der Waals surface area contributed by atoms with E-state index in [-0.39, 0.29) is 24.0 Å². The Morgan fingerprint density at radius 1 is 1.13 bits per heavy atom. The SMILES string of the molecule is CCNC(=NCc1ccc(S(C)(=O)=O)c(C)c1)NCCN1CCc2ccccc2C1.I. The molecular weight excluding hydrogens is 523 g/mol. The Balaban J connectivity index is 0.00000341. The number of aryl methyl sites for hydroxylation is 1. The molecule has 1 aliphatic heterocycles. The molecule has 0 aliphatic carbocycles. The van der Waals surface area contributed by atoms with Crippen molar-refractivity contribution in [1.29, 1.82) is 0 Å². The smallest absolute Gasteiger partial charge is 0.191 e. The summed E-state index contributed by atoms with van der Waals surface area (Å²) in [5.74, 6) is 0.778. The van der Waals surface area contributed by atoms with E-state index in [1.807, 2.05) is 26.0 Å². The van der Waals surface area contributed by atoms with Crippen LogP contribution in [0, 0.1) is 6.92 Å². The minimum atomic E-state index is -3.20. The lowest BCUT2D eigenvalue weighted by Crippen LogP contribution is -2.42. The van der Waals surface area contributed by atoms with Crippen molar-refractivity contribution in [3.8, 4) is 0 Å². The number of rotatable bonds is 7. The molecule has 0 amide bonds. The largest absolute Gasteiger partial charge is 0.357 e. The lowest BCUT2D eigenvalue weighted by atomic mass is 10.00. The molecule has 3 rings (SSSR count). The summed E-state index contributed by atoms with van der Waals surface area (Å²) in [5.41, 5.74) is 4.64. The summed E-state index contributed by atoms with van der Waals surface area (Å²) in [6.07, 6.45) is 2.34. The second-order valence-corrected chi connectivity index (χ2v) is 9.77. The van der Waals surface area contributed by atoms with Gasteiger partial charge in [-0.1, -0.05) is 36.4 Å². The van der Waals surface area contributed by atoms with Crippen molar-refractivity contribution in [2.24, 2.45) is 4.99 Å². The maximum atomic E-state index is 11.8. The molecule has 0 aromatic heterocycles. The van der Waals surface area contributed by atoms with Crippen LogP contribution < -0.4 is 10.6 Å². The fourth-order valence-corrected chi connectivity index (χ4v) is 4.77. The van der Waals surface area contributed by atoms with Crippen molar-refractivity contribution in [2.45, 2.75) is 38.3 Å². The summed E-state index contributed by atoms with van der Waals surface area (Å²) in [6.45, 7) is 9.01. The van der Waals surface area contributed by atoms with Gasteiger partial charge in [0.25, 0.3) is 0 Å². The van der Waals surface area contributed by atoms with Gasteiger partial charge in [0.15, 0.2) is 15.8 Å². The summed E-state index contributed by atoms with van der Waals surface area (Å²) in [5, 5.41) is 6.69. The minimum Gasteiger partial charge on any atom is -0.357 e. The van der Waals surface area contributed by atoms with E-state index in [0.717, 1.165) is 56.2 Å². The molecule has 2 aromatic rings. The second-order valence-electron chi connectivity index (χ2n) is 7.79. The van der Waals surface area contributed by atoms with Gasteiger partial charge in [0.1, 0.15) is 0 Å². The fourth-order valence-electron chi connectivity index (χ4n) is 3.82. The molecule has 0 saturated carbocycles. The third kappa shape index (κ3) is 7.47. The third-order valence-electron chi connectivity index (χ3n) is 5.33. The van der Waals surface area contributed by atoms with Gasteiger partial charge in [0.2, 0.25) is 0 Å². The van der Waals surface area contributed by atoms with Crippen LogP contribution in [0.1, 0.15) is 29.2 Å². The van der Waals surface area contributed by atoms with Crippen molar-refractivity contribution in [3.63, 3.8) is 0 Å². The first-order valence-electron chi connectivity index (χ1n) is 10.5. The molecule has 1 aliphatic rings. The highest BCUT2D eigenvalue weighted by Crippen LogP contribution is 2.18. The Hall–Kier alpha value is -1.65. The summed E-state index contributed by atoms with van der Waals surface area (Å²) in [6, 6.07) is 14.1. The maximum absolute atomic E-state index is 11.8. The van der Waals surface area contributed by atoms with Gasteiger partial charge in [-0.3, -0.25) is 4.90 Å². The van der Waals surface area contributed by atoms with Crippen molar-refractivity contribution in [2.75, 3.05) is 32.4 Å². The van der Waals surface area contributed by atoms with Gasteiger partial charge in [-0.05, 0) is 48.6 Å². The molecule has 1 heterocycles. The molecule has 0 unspecified atom stereocenters. The highest BCUT2D eigenvalue weighted by Gasteiger charge is 2.15. The van der Waals surface area contributed by atoms with Gasteiger partial charge in [-0.15, -0.1) is 24.0 Å². The molecule has 8 heteroatoms. The zero-order valence-corrected chi connectivity index (χ0v) is 21.7. The van der Waals surface area contributed by atoms with E-state index in [4.69, 9.17) is 0 Å². The first-order valence-corrected chi connectivity index (χ1v) is 12.4. The van der Waals surface area contributed by atoms with Crippen LogP contribution in [0.2, 0.25) is 0 Å². The molecule has 2 N–H and O–H groups in total. The van der Waals surface area contributed by atoms with Crippen LogP contribution in [0.15, 0.2) is 52.4 Å². The van der Waals surface area contributed by atoms with Gasteiger partial charge < -0.3 is 10.6 Å². The lowest BCUT2D eigenvalue weighted by Gasteiger charge is -2.28. The predicted molar refractivity (Wildman–Crippen MR) is 138 cm³/mol. The van der Waals surface area contributed by atoms with Crippen LogP contribution in [0.5, 0.6) is 0 Å². The normalized spacial score (nSPS) is 14.5. The molecule has 2 aromatic carbocycles. The van der Waals surface area contributed by atoms with Gasteiger partial charge in [0.05, 0.1) is 11.4 Å². The van der Waals surface area contributed by atoms with E-state index in [9.17, 15) is 8.42 Å². The average Bonchev–Trinajstić information content (AvgIpc) is 2.71. The van der Waals surface area contributed by atoms with Gasteiger partial charge in [-0.25, -0.2) is 13.4 Å². The van der Waals surface area contributed by atoms with E-state index in [0.29, 0.717) is 11.4 Å². The molecule has 6 nitrogen and oxygen atoms in total. The molecule has 0 atom stereocenters. The number of guanidine groups is 1. The molecule has 0 bridgehead atoms. The van der Waals surface area contributed by atoms with E-state index in [1.165, 1.54) is 17.4 Å². The summed E-state index contributed by atoms with van der Waals surface area (Å²) < 4.78 is 23.6. The van der Waals surface area contributed by atoms with E-state index in [2.05, 4.69) is 44.8 Å². The second kappa shape index (κ2) is 11.8. The summed E-state index contributed by atoms with van der Waals surface area (Å²) in [7, 11) is -3.20. The number of hydrogen-bond donors (Lipinski definition) is 2.